The highest BCUT2D eigenvalue weighted by molar-refractivity contribution is 4.95. The van der Waals surface area contributed by atoms with Crippen molar-refractivity contribution in [2.45, 2.75) is 18.9 Å². The molecule has 0 aliphatic carbocycles. The number of nitrogens with zero attached hydrogens (tertiary/aromatic N) is 3. The second kappa shape index (κ2) is 4.78. The van der Waals surface area contributed by atoms with Crippen LogP contribution in [0.5, 0.6) is 0 Å². The van der Waals surface area contributed by atoms with Crippen LogP contribution in [-0.2, 0) is 0 Å². The summed E-state index contributed by atoms with van der Waals surface area (Å²) in [7, 11) is 0. The third-order valence-corrected chi connectivity index (χ3v) is 3.55. The second-order valence-corrected chi connectivity index (χ2v) is 4.60. The Kier molecular flexibility index (Phi) is 3.40. The molecule has 15 heavy (non-hydrogen) atoms. The van der Waals surface area contributed by atoms with Crippen molar-refractivity contribution in [2.75, 3.05) is 32.7 Å². The fourth-order valence-corrected chi connectivity index (χ4v) is 2.68. The molecule has 0 aromatic carbocycles. The summed E-state index contributed by atoms with van der Waals surface area (Å²) in [6, 6.07) is 3.07. The third-order valence-electron chi connectivity index (χ3n) is 3.55. The zero-order chi connectivity index (χ0) is 10.7. The summed E-state index contributed by atoms with van der Waals surface area (Å²) in [4.78, 5) is 4.94. The van der Waals surface area contributed by atoms with E-state index in [1.807, 2.05) is 6.08 Å². The summed E-state index contributed by atoms with van der Waals surface area (Å²) in [6.07, 6.45) is 4.30. The van der Waals surface area contributed by atoms with Gasteiger partial charge in [-0.15, -0.1) is 6.58 Å². The van der Waals surface area contributed by atoms with E-state index >= 15 is 0 Å². The van der Waals surface area contributed by atoms with Crippen molar-refractivity contribution >= 4 is 0 Å². The molecule has 2 rings (SSSR count). The maximum Gasteiger partial charge on any atom is 0.0669 e. The number of hydrogen-bond donors (Lipinski definition) is 0. The lowest BCUT2D eigenvalue weighted by Crippen LogP contribution is -2.35. The zero-order valence-corrected chi connectivity index (χ0v) is 9.23. The topological polar surface area (TPSA) is 30.3 Å². The average molecular weight is 205 g/mol. The largest absolute Gasteiger partial charge is 0.298 e. The molecule has 2 aliphatic heterocycles. The van der Waals surface area contributed by atoms with Gasteiger partial charge in [-0.25, -0.2) is 0 Å². The minimum Gasteiger partial charge on any atom is -0.298 e. The van der Waals surface area contributed by atoms with Gasteiger partial charge in [0.1, 0.15) is 0 Å². The molecule has 3 heteroatoms. The van der Waals surface area contributed by atoms with Crippen LogP contribution in [0.15, 0.2) is 12.7 Å². The Hall–Kier alpha value is -0.850. The normalized spacial score (nSPS) is 33.0. The van der Waals surface area contributed by atoms with Gasteiger partial charge in [0.15, 0.2) is 0 Å². The van der Waals surface area contributed by atoms with E-state index in [9.17, 15) is 0 Å². The van der Waals surface area contributed by atoms with Gasteiger partial charge in [-0.1, -0.05) is 6.08 Å². The van der Waals surface area contributed by atoms with E-state index < -0.39 is 0 Å². The Balaban J connectivity index is 1.82. The maximum atomic E-state index is 8.86. The van der Waals surface area contributed by atoms with Crippen LogP contribution in [0.2, 0.25) is 0 Å². The molecule has 0 spiro atoms. The van der Waals surface area contributed by atoms with Gasteiger partial charge in [0.2, 0.25) is 0 Å². The molecule has 82 valence electrons. The summed E-state index contributed by atoms with van der Waals surface area (Å²) in [5, 5.41) is 8.86. The molecule has 2 fully saturated rings. The highest BCUT2D eigenvalue weighted by Crippen LogP contribution is 2.23. The summed E-state index contributed by atoms with van der Waals surface area (Å²) >= 11 is 0. The molecule has 0 amide bonds. The van der Waals surface area contributed by atoms with Gasteiger partial charge in [0.25, 0.3) is 0 Å². The van der Waals surface area contributed by atoms with E-state index in [-0.39, 0.29) is 5.92 Å². The third kappa shape index (κ3) is 2.39. The van der Waals surface area contributed by atoms with E-state index in [4.69, 9.17) is 5.26 Å². The lowest BCUT2D eigenvalue weighted by molar-refractivity contribution is 0.234. The first-order chi connectivity index (χ1) is 7.33. The number of hydrogen-bond acceptors (Lipinski definition) is 3. The number of rotatable bonds is 3. The Morgan fingerprint density at radius 1 is 1.33 bits per heavy atom. The summed E-state index contributed by atoms with van der Waals surface area (Å²) in [5.41, 5.74) is 0. The molecular formula is C12H19N3. The predicted molar refractivity (Wildman–Crippen MR) is 60.3 cm³/mol. The maximum absolute atomic E-state index is 8.86. The number of nitriles is 1. The first-order valence-electron chi connectivity index (χ1n) is 5.80. The van der Waals surface area contributed by atoms with Crippen LogP contribution in [0, 0.1) is 17.2 Å². The fraction of sp³-hybridized carbons (Fsp3) is 0.750. The van der Waals surface area contributed by atoms with E-state index in [1.54, 1.807) is 0 Å². The van der Waals surface area contributed by atoms with Gasteiger partial charge in [-0.05, 0) is 19.4 Å². The smallest absolute Gasteiger partial charge is 0.0669 e. The molecule has 0 radical (unpaired) electrons. The standard InChI is InChI=1S/C12H19N3/c1-2-5-14-6-4-12(10-14)15-7-3-11(8-13)9-15/h2,11-12H,1,3-7,9-10H2. The molecule has 0 saturated carbocycles. The molecule has 3 nitrogen and oxygen atoms in total. The van der Waals surface area contributed by atoms with Crippen LogP contribution in [-0.4, -0.2) is 48.6 Å². The zero-order valence-electron chi connectivity index (χ0n) is 9.23. The highest BCUT2D eigenvalue weighted by Gasteiger charge is 2.32. The van der Waals surface area contributed by atoms with Crippen molar-refractivity contribution in [3.05, 3.63) is 12.7 Å². The van der Waals surface area contributed by atoms with Gasteiger partial charge in [0.05, 0.1) is 12.0 Å². The molecule has 2 saturated heterocycles. The first kappa shape index (κ1) is 10.7. The fourth-order valence-electron chi connectivity index (χ4n) is 2.68. The second-order valence-electron chi connectivity index (χ2n) is 4.60. The summed E-state index contributed by atoms with van der Waals surface area (Å²) in [5.74, 6) is 0.276. The van der Waals surface area contributed by atoms with Gasteiger partial charge in [0, 0.05) is 32.2 Å². The minimum absolute atomic E-state index is 0.276. The SMILES string of the molecule is C=CCN1CCC(N2CCC(C#N)C2)C1. The van der Waals surface area contributed by atoms with Gasteiger partial charge < -0.3 is 0 Å². The highest BCUT2D eigenvalue weighted by atomic mass is 15.3. The minimum atomic E-state index is 0.276. The van der Waals surface area contributed by atoms with Crippen LogP contribution in [0.4, 0.5) is 0 Å². The molecule has 2 atom stereocenters. The average Bonchev–Trinajstić information content (AvgIpc) is 2.85. The quantitative estimate of drug-likeness (QED) is 0.646. The van der Waals surface area contributed by atoms with Crippen molar-refractivity contribution in [2.24, 2.45) is 5.92 Å². The molecule has 2 unspecified atom stereocenters. The molecule has 2 heterocycles. The van der Waals surface area contributed by atoms with Crippen molar-refractivity contribution in [1.82, 2.24) is 9.80 Å². The van der Waals surface area contributed by atoms with Crippen molar-refractivity contribution in [3.63, 3.8) is 0 Å². The van der Waals surface area contributed by atoms with Crippen LogP contribution in [0.1, 0.15) is 12.8 Å². The molecule has 0 bridgehead atoms. The Bertz CT molecular complexity index is 269. The van der Waals surface area contributed by atoms with E-state index in [0.29, 0.717) is 6.04 Å². The van der Waals surface area contributed by atoms with E-state index in [1.165, 1.54) is 13.0 Å². The molecule has 0 N–H and O–H groups in total. The van der Waals surface area contributed by atoms with Crippen LogP contribution < -0.4 is 0 Å². The molecule has 0 aromatic heterocycles. The molecular weight excluding hydrogens is 186 g/mol. The van der Waals surface area contributed by atoms with E-state index in [2.05, 4.69) is 22.4 Å². The van der Waals surface area contributed by atoms with Crippen LogP contribution in [0.25, 0.3) is 0 Å². The van der Waals surface area contributed by atoms with Gasteiger partial charge in [-0.3, -0.25) is 9.80 Å². The lowest BCUT2D eigenvalue weighted by Gasteiger charge is -2.23. The molecule has 2 aliphatic rings. The Morgan fingerprint density at radius 2 is 2.20 bits per heavy atom. The Morgan fingerprint density at radius 3 is 2.87 bits per heavy atom. The van der Waals surface area contributed by atoms with Gasteiger partial charge in [-0.2, -0.15) is 5.26 Å². The van der Waals surface area contributed by atoms with E-state index in [0.717, 1.165) is 32.6 Å². The lowest BCUT2D eigenvalue weighted by atomic mass is 10.1. The summed E-state index contributed by atoms with van der Waals surface area (Å²) in [6.45, 7) is 9.23. The van der Waals surface area contributed by atoms with Crippen molar-refractivity contribution in [1.29, 1.82) is 5.26 Å². The van der Waals surface area contributed by atoms with Crippen molar-refractivity contribution in [3.8, 4) is 6.07 Å². The first-order valence-corrected chi connectivity index (χ1v) is 5.80. The number of likely N-dealkylation sites (tertiary alicyclic amines) is 2. The predicted octanol–water partition coefficient (Wildman–Crippen LogP) is 1.09. The van der Waals surface area contributed by atoms with Crippen molar-refractivity contribution < 1.29 is 0 Å². The summed E-state index contributed by atoms with van der Waals surface area (Å²) < 4.78 is 0. The Labute approximate surface area is 92.0 Å². The van der Waals surface area contributed by atoms with Gasteiger partial charge >= 0.3 is 0 Å². The van der Waals surface area contributed by atoms with Crippen LogP contribution >= 0.6 is 0 Å². The monoisotopic (exact) mass is 205 g/mol. The molecule has 0 aromatic rings. The van der Waals surface area contributed by atoms with Crippen LogP contribution in [0.3, 0.4) is 0 Å².